The molecule has 11 heteroatoms. The number of amides is 1. The van der Waals surface area contributed by atoms with Gasteiger partial charge in [0.2, 0.25) is 21.9 Å². The molecule has 2 aromatic rings. The number of carbonyl (C=O) groups excluding carboxylic acids is 1. The van der Waals surface area contributed by atoms with Crippen molar-refractivity contribution in [1.29, 1.82) is 0 Å². The molecule has 1 aliphatic carbocycles. The van der Waals surface area contributed by atoms with Crippen LogP contribution in [0.1, 0.15) is 43.6 Å². The van der Waals surface area contributed by atoms with E-state index >= 15 is 0 Å². The highest BCUT2D eigenvalue weighted by Crippen LogP contribution is 2.35. The molecule has 1 atom stereocenters. The molecule has 2 N–H and O–H groups in total. The monoisotopic (exact) mass is 447 g/mol. The average Bonchev–Trinajstić information content (AvgIpc) is 3.46. The Morgan fingerprint density at radius 1 is 1.16 bits per heavy atom. The summed E-state index contributed by atoms with van der Waals surface area (Å²) in [6.07, 6.45) is 5.32. The van der Waals surface area contributed by atoms with Gasteiger partial charge in [0.05, 0.1) is 10.8 Å². The zero-order valence-electron chi connectivity index (χ0n) is 17.7. The number of likely N-dealkylation sites (N-methyl/N-ethyl adjacent to an activating group) is 1. The number of aromatic amines is 1. The van der Waals surface area contributed by atoms with Crippen LogP contribution in [-0.4, -0.2) is 77.4 Å². The Balaban J connectivity index is 1.53. The van der Waals surface area contributed by atoms with Gasteiger partial charge >= 0.3 is 0 Å². The van der Waals surface area contributed by atoms with Crippen molar-refractivity contribution in [3.63, 3.8) is 0 Å². The van der Waals surface area contributed by atoms with Crippen LogP contribution in [0.15, 0.2) is 29.2 Å². The van der Waals surface area contributed by atoms with Crippen LogP contribution in [0.3, 0.4) is 0 Å². The first-order chi connectivity index (χ1) is 14.9. The minimum absolute atomic E-state index is 0.194. The topological polar surface area (TPSA) is 124 Å². The number of nitrogens with one attached hydrogen (secondary N) is 2. The van der Waals surface area contributed by atoms with E-state index in [1.54, 1.807) is 24.3 Å². The van der Waals surface area contributed by atoms with Gasteiger partial charge in [-0.15, -0.1) is 0 Å². The zero-order chi connectivity index (χ0) is 21.8. The third-order valence-electron chi connectivity index (χ3n) is 6.33. The lowest BCUT2D eigenvalue weighted by Crippen LogP contribution is -2.47. The van der Waals surface area contributed by atoms with E-state index in [0.29, 0.717) is 19.0 Å². The van der Waals surface area contributed by atoms with Crippen molar-refractivity contribution in [2.24, 2.45) is 5.92 Å². The number of H-pyrrole nitrogens is 1. The molecule has 31 heavy (non-hydrogen) atoms. The summed E-state index contributed by atoms with van der Waals surface area (Å²) in [5.41, 5.74) is 0.800. The number of hydrogen-bond donors (Lipinski definition) is 2. The highest BCUT2D eigenvalue weighted by Gasteiger charge is 2.30. The van der Waals surface area contributed by atoms with Gasteiger partial charge in [0.1, 0.15) is 0 Å². The van der Waals surface area contributed by atoms with Crippen molar-refractivity contribution in [2.75, 3.05) is 38.5 Å². The van der Waals surface area contributed by atoms with Gasteiger partial charge in [-0.25, -0.2) is 13.5 Å². The van der Waals surface area contributed by atoms with Gasteiger partial charge in [0, 0.05) is 26.2 Å². The Morgan fingerprint density at radius 2 is 1.84 bits per heavy atom. The molecule has 0 radical (unpaired) electrons. The summed E-state index contributed by atoms with van der Waals surface area (Å²) in [5, 5.41) is 16.0. The summed E-state index contributed by atoms with van der Waals surface area (Å²) in [6, 6.07) is 6.77. The van der Waals surface area contributed by atoms with Crippen molar-refractivity contribution in [2.45, 2.75) is 42.9 Å². The predicted molar refractivity (Wildman–Crippen MR) is 115 cm³/mol. The molecular weight excluding hydrogens is 418 g/mol. The van der Waals surface area contributed by atoms with Gasteiger partial charge in [-0.05, 0) is 47.5 Å². The number of aromatic nitrogens is 4. The number of anilines is 1. The molecule has 0 bridgehead atoms. The van der Waals surface area contributed by atoms with E-state index in [0.717, 1.165) is 37.9 Å². The number of piperazine rings is 1. The maximum atomic E-state index is 13.0. The van der Waals surface area contributed by atoms with Crippen LogP contribution in [0, 0.1) is 5.92 Å². The first-order valence-electron chi connectivity index (χ1n) is 10.8. The summed E-state index contributed by atoms with van der Waals surface area (Å²) in [5.74, 6) is 0.0988. The van der Waals surface area contributed by atoms with E-state index in [-0.39, 0.29) is 16.8 Å². The zero-order valence-corrected chi connectivity index (χ0v) is 18.5. The largest absolute Gasteiger partial charge is 0.304 e. The van der Waals surface area contributed by atoms with Gasteiger partial charge < -0.3 is 4.90 Å². The number of carbonyl (C=O) groups is 1. The normalized spacial score (nSPS) is 20.0. The summed E-state index contributed by atoms with van der Waals surface area (Å²) in [6.45, 7) is 2.41. The first kappa shape index (κ1) is 21.8. The van der Waals surface area contributed by atoms with E-state index in [1.807, 2.05) is 7.05 Å². The molecule has 1 aromatic heterocycles. The third-order valence-corrected chi connectivity index (χ3v) is 8.24. The first-order valence-corrected chi connectivity index (χ1v) is 12.2. The number of nitrogens with zero attached hydrogens (tertiary/aromatic N) is 5. The lowest BCUT2D eigenvalue weighted by molar-refractivity contribution is -0.118. The number of sulfonamides is 1. The molecule has 1 aromatic carbocycles. The number of benzene rings is 1. The molecule has 4 rings (SSSR count). The molecule has 1 amide bonds. The predicted octanol–water partition coefficient (Wildman–Crippen LogP) is 1.44. The van der Waals surface area contributed by atoms with Gasteiger partial charge in [-0.1, -0.05) is 42.9 Å². The average molecular weight is 448 g/mol. The highest BCUT2D eigenvalue weighted by atomic mass is 32.2. The van der Waals surface area contributed by atoms with Crippen LogP contribution in [0.2, 0.25) is 0 Å². The lowest BCUT2D eigenvalue weighted by atomic mass is 9.87. The molecule has 0 unspecified atom stereocenters. The Labute approximate surface area is 182 Å². The molecular formula is C20H29N7O3S. The molecule has 1 saturated carbocycles. The second-order valence-corrected chi connectivity index (χ2v) is 10.4. The van der Waals surface area contributed by atoms with Gasteiger partial charge in [-0.3, -0.25) is 10.1 Å². The fourth-order valence-electron chi connectivity index (χ4n) is 4.44. The van der Waals surface area contributed by atoms with Crippen LogP contribution in [0.4, 0.5) is 5.95 Å². The van der Waals surface area contributed by atoms with Crippen LogP contribution in [0.25, 0.3) is 0 Å². The molecule has 0 spiro atoms. The molecule has 168 valence electrons. The molecule has 1 aliphatic heterocycles. The fourth-order valence-corrected chi connectivity index (χ4v) is 5.86. The van der Waals surface area contributed by atoms with Gasteiger partial charge in [0.25, 0.3) is 0 Å². The summed E-state index contributed by atoms with van der Waals surface area (Å²) >= 11 is 0. The lowest BCUT2D eigenvalue weighted by Gasteiger charge is -2.31. The fraction of sp³-hybridized carbons (Fsp3) is 0.600. The van der Waals surface area contributed by atoms with Crippen molar-refractivity contribution in [3.8, 4) is 0 Å². The molecule has 1 saturated heterocycles. The smallest absolute Gasteiger partial charge is 0.246 e. The van der Waals surface area contributed by atoms with Gasteiger partial charge in [-0.2, -0.15) is 4.31 Å². The van der Waals surface area contributed by atoms with Gasteiger partial charge in [0.15, 0.2) is 0 Å². The standard InChI is InChI=1S/C20H29N7O3S/c1-26-10-12-27(13-11-26)31(29,30)17-8-6-16(7-9-17)18(14-15-4-2-3-5-15)19(28)21-20-22-24-25-23-20/h6-9,15,18H,2-5,10-14H2,1H3,(H2,21,22,23,24,25,28)/t18-/m1/s1. The number of hydrogen-bond acceptors (Lipinski definition) is 7. The molecule has 2 fully saturated rings. The SMILES string of the molecule is CN1CCN(S(=O)(=O)c2ccc([C@@H](CC3CCCC3)C(=O)Nc3nnn[nH]3)cc2)CC1. The third kappa shape index (κ3) is 5.10. The molecule has 2 heterocycles. The van der Waals surface area contributed by atoms with E-state index in [9.17, 15) is 13.2 Å². The van der Waals surface area contributed by atoms with Crippen LogP contribution in [-0.2, 0) is 14.8 Å². The van der Waals surface area contributed by atoms with Crippen molar-refractivity contribution < 1.29 is 13.2 Å². The van der Waals surface area contributed by atoms with E-state index in [4.69, 9.17) is 0 Å². The summed E-state index contributed by atoms with van der Waals surface area (Å²) < 4.78 is 27.5. The highest BCUT2D eigenvalue weighted by molar-refractivity contribution is 7.89. The van der Waals surface area contributed by atoms with E-state index in [2.05, 4.69) is 30.8 Å². The molecule has 10 nitrogen and oxygen atoms in total. The quantitative estimate of drug-likeness (QED) is 0.658. The number of rotatable bonds is 7. The van der Waals surface area contributed by atoms with E-state index in [1.165, 1.54) is 17.1 Å². The Hall–Kier alpha value is -2.37. The number of tetrazole rings is 1. The Kier molecular flexibility index (Phi) is 6.63. The second-order valence-electron chi connectivity index (χ2n) is 8.45. The second kappa shape index (κ2) is 9.41. The van der Waals surface area contributed by atoms with Crippen molar-refractivity contribution in [1.82, 2.24) is 29.8 Å². The summed E-state index contributed by atoms with van der Waals surface area (Å²) in [4.78, 5) is 15.4. The van der Waals surface area contributed by atoms with Crippen LogP contribution in [0.5, 0.6) is 0 Å². The minimum atomic E-state index is -3.54. The Morgan fingerprint density at radius 3 is 2.45 bits per heavy atom. The maximum absolute atomic E-state index is 13.0. The maximum Gasteiger partial charge on any atom is 0.246 e. The molecule has 2 aliphatic rings. The Bertz CT molecular complexity index is 965. The summed E-state index contributed by atoms with van der Waals surface area (Å²) in [7, 11) is -1.55. The van der Waals surface area contributed by atoms with Crippen molar-refractivity contribution in [3.05, 3.63) is 29.8 Å². The van der Waals surface area contributed by atoms with Crippen LogP contribution < -0.4 is 5.32 Å². The van der Waals surface area contributed by atoms with Crippen molar-refractivity contribution >= 4 is 21.9 Å². The van der Waals surface area contributed by atoms with Crippen LogP contribution >= 0.6 is 0 Å². The van der Waals surface area contributed by atoms with E-state index < -0.39 is 15.9 Å². The minimum Gasteiger partial charge on any atom is -0.304 e.